The number of carboxylic acids is 1. The number of aliphatic carboxylic acids is 1. The molecular formula is C7H10O4. The van der Waals surface area contributed by atoms with Crippen molar-refractivity contribution < 1.29 is 19.4 Å². The molecule has 62 valence electrons. The number of ketones is 1. The molecule has 0 saturated carbocycles. The Labute approximate surface area is 64.5 Å². The molecule has 1 heterocycles. The van der Waals surface area contributed by atoms with Crippen molar-refractivity contribution in [2.24, 2.45) is 0 Å². The second kappa shape index (κ2) is 5.46. The maximum Gasteiger partial charge on any atom is 0.303 e. The van der Waals surface area contributed by atoms with Crippen LogP contribution in [0, 0.1) is 0 Å². The van der Waals surface area contributed by atoms with Crippen LogP contribution in [0.15, 0.2) is 12.3 Å². The van der Waals surface area contributed by atoms with Crippen LogP contribution in [0.4, 0.5) is 0 Å². The number of carbonyl (C=O) groups is 2. The van der Waals surface area contributed by atoms with Crippen LogP contribution in [0.25, 0.3) is 0 Å². The first-order valence-electron chi connectivity index (χ1n) is 3.19. The van der Waals surface area contributed by atoms with E-state index in [9.17, 15) is 9.59 Å². The SMILES string of the molecule is CCC(=O)O.O=C1C=COC1. The molecule has 0 aromatic heterocycles. The second-order valence-corrected chi connectivity index (χ2v) is 1.83. The molecule has 1 aliphatic rings. The molecule has 4 heteroatoms. The summed E-state index contributed by atoms with van der Waals surface area (Å²) in [5, 5.41) is 7.72. The van der Waals surface area contributed by atoms with Gasteiger partial charge in [0.15, 0.2) is 5.78 Å². The maximum absolute atomic E-state index is 10.0. The number of hydrogen-bond acceptors (Lipinski definition) is 3. The van der Waals surface area contributed by atoms with Gasteiger partial charge in [-0.15, -0.1) is 0 Å². The third-order valence-electron chi connectivity index (χ3n) is 0.878. The molecule has 0 bridgehead atoms. The van der Waals surface area contributed by atoms with Gasteiger partial charge in [-0.3, -0.25) is 9.59 Å². The molecule has 0 spiro atoms. The Morgan fingerprint density at radius 2 is 2.36 bits per heavy atom. The van der Waals surface area contributed by atoms with Crippen molar-refractivity contribution in [3.8, 4) is 0 Å². The summed E-state index contributed by atoms with van der Waals surface area (Å²) >= 11 is 0. The summed E-state index contributed by atoms with van der Waals surface area (Å²) in [5.74, 6) is -0.694. The van der Waals surface area contributed by atoms with Crippen LogP contribution in [0.1, 0.15) is 13.3 Å². The summed E-state index contributed by atoms with van der Waals surface area (Å²) in [6.45, 7) is 1.84. The van der Waals surface area contributed by atoms with Gasteiger partial charge in [-0.1, -0.05) is 6.92 Å². The predicted molar refractivity (Wildman–Crippen MR) is 38.0 cm³/mol. The lowest BCUT2D eigenvalue weighted by atomic mass is 10.5. The number of rotatable bonds is 1. The highest BCUT2D eigenvalue weighted by Gasteiger charge is 1.99. The average molecular weight is 158 g/mol. The van der Waals surface area contributed by atoms with Crippen molar-refractivity contribution in [3.05, 3.63) is 12.3 Å². The van der Waals surface area contributed by atoms with Crippen molar-refractivity contribution in [2.75, 3.05) is 6.61 Å². The van der Waals surface area contributed by atoms with Crippen LogP contribution in [-0.2, 0) is 14.3 Å². The Morgan fingerprint density at radius 3 is 2.45 bits per heavy atom. The van der Waals surface area contributed by atoms with Gasteiger partial charge in [-0.05, 0) is 0 Å². The van der Waals surface area contributed by atoms with E-state index in [-0.39, 0.29) is 18.8 Å². The fourth-order valence-corrected chi connectivity index (χ4v) is 0.302. The minimum Gasteiger partial charge on any atom is -0.493 e. The third-order valence-corrected chi connectivity index (χ3v) is 0.878. The molecule has 4 nitrogen and oxygen atoms in total. The van der Waals surface area contributed by atoms with Gasteiger partial charge >= 0.3 is 5.97 Å². The highest BCUT2D eigenvalue weighted by atomic mass is 16.5. The average Bonchev–Trinajstić information content (AvgIpc) is 2.41. The van der Waals surface area contributed by atoms with E-state index >= 15 is 0 Å². The highest BCUT2D eigenvalue weighted by Crippen LogP contribution is 1.89. The lowest BCUT2D eigenvalue weighted by Crippen LogP contribution is -1.91. The van der Waals surface area contributed by atoms with E-state index in [4.69, 9.17) is 5.11 Å². The summed E-state index contributed by atoms with van der Waals surface area (Å²) in [4.78, 5) is 19.4. The van der Waals surface area contributed by atoms with Crippen LogP contribution in [0.2, 0.25) is 0 Å². The molecular weight excluding hydrogens is 148 g/mol. The molecule has 11 heavy (non-hydrogen) atoms. The predicted octanol–water partition coefficient (Wildman–Crippen LogP) is 0.580. The van der Waals surface area contributed by atoms with E-state index in [1.807, 2.05) is 0 Å². The van der Waals surface area contributed by atoms with Gasteiger partial charge in [0.25, 0.3) is 0 Å². The Morgan fingerprint density at radius 1 is 1.82 bits per heavy atom. The summed E-state index contributed by atoms with van der Waals surface area (Å²) < 4.78 is 4.53. The summed E-state index contributed by atoms with van der Waals surface area (Å²) in [7, 11) is 0. The third kappa shape index (κ3) is 6.57. The largest absolute Gasteiger partial charge is 0.493 e. The van der Waals surface area contributed by atoms with E-state index < -0.39 is 5.97 Å². The van der Waals surface area contributed by atoms with Gasteiger partial charge in [0, 0.05) is 12.5 Å². The molecule has 0 aromatic rings. The van der Waals surface area contributed by atoms with E-state index in [1.165, 1.54) is 12.3 Å². The van der Waals surface area contributed by atoms with Crippen LogP contribution >= 0.6 is 0 Å². The van der Waals surface area contributed by atoms with E-state index in [2.05, 4.69) is 4.74 Å². The minimum atomic E-state index is -0.745. The first-order chi connectivity index (χ1) is 5.16. The van der Waals surface area contributed by atoms with Crippen molar-refractivity contribution in [3.63, 3.8) is 0 Å². The smallest absolute Gasteiger partial charge is 0.303 e. The normalized spacial score (nSPS) is 13.4. The van der Waals surface area contributed by atoms with Gasteiger partial charge in [-0.25, -0.2) is 0 Å². The summed E-state index contributed by atoms with van der Waals surface area (Å²) in [6.07, 6.45) is 3.04. The van der Waals surface area contributed by atoms with Crippen molar-refractivity contribution in [1.29, 1.82) is 0 Å². The Kier molecular flexibility index (Phi) is 4.81. The van der Waals surface area contributed by atoms with Crippen molar-refractivity contribution in [2.45, 2.75) is 13.3 Å². The first kappa shape index (κ1) is 9.68. The van der Waals surface area contributed by atoms with E-state index in [0.29, 0.717) is 0 Å². The Hall–Kier alpha value is -1.32. The van der Waals surface area contributed by atoms with Crippen LogP contribution in [0.5, 0.6) is 0 Å². The standard InChI is InChI=1S/C4H4O2.C3H6O2/c5-4-1-2-6-3-4;1-2-3(4)5/h1-2H,3H2;2H2,1H3,(H,4,5). The van der Waals surface area contributed by atoms with E-state index in [1.54, 1.807) is 6.92 Å². The zero-order chi connectivity index (χ0) is 8.69. The highest BCUT2D eigenvalue weighted by molar-refractivity contribution is 5.92. The topological polar surface area (TPSA) is 63.6 Å². The molecule has 1 rings (SSSR count). The van der Waals surface area contributed by atoms with Gasteiger partial charge in [0.1, 0.15) is 6.61 Å². The van der Waals surface area contributed by atoms with Gasteiger partial charge in [0.2, 0.25) is 0 Å². The lowest BCUT2D eigenvalue weighted by molar-refractivity contribution is -0.136. The summed E-state index contributed by atoms with van der Waals surface area (Å²) in [6, 6.07) is 0. The molecule has 0 radical (unpaired) electrons. The van der Waals surface area contributed by atoms with Crippen molar-refractivity contribution in [1.82, 2.24) is 0 Å². The van der Waals surface area contributed by atoms with Crippen LogP contribution in [-0.4, -0.2) is 23.5 Å². The Balaban J connectivity index is 0.000000187. The number of hydrogen-bond donors (Lipinski definition) is 1. The Bertz CT molecular complexity index is 171. The molecule has 0 fully saturated rings. The molecule has 0 amide bonds. The molecule has 0 saturated heterocycles. The van der Waals surface area contributed by atoms with E-state index in [0.717, 1.165) is 0 Å². The lowest BCUT2D eigenvalue weighted by Gasteiger charge is -1.79. The van der Waals surface area contributed by atoms with Crippen LogP contribution < -0.4 is 0 Å². The zero-order valence-electron chi connectivity index (χ0n) is 6.24. The summed E-state index contributed by atoms with van der Waals surface area (Å²) in [5.41, 5.74) is 0. The fourth-order valence-electron chi connectivity index (χ4n) is 0.302. The molecule has 0 atom stereocenters. The molecule has 0 aromatic carbocycles. The quantitative estimate of drug-likeness (QED) is 0.606. The molecule has 0 unspecified atom stereocenters. The number of carbonyl (C=O) groups excluding carboxylic acids is 1. The fraction of sp³-hybridized carbons (Fsp3) is 0.429. The molecule has 1 aliphatic heterocycles. The van der Waals surface area contributed by atoms with Crippen molar-refractivity contribution >= 4 is 11.8 Å². The van der Waals surface area contributed by atoms with Gasteiger partial charge in [0.05, 0.1) is 6.26 Å². The monoisotopic (exact) mass is 158 g/mol. The first-order valence-corrected chi connectivity index (χ1v) is 3.19. The second-order valence-electron chi connectivity index (χ2n) is 1.83. The van der Waals surface area contributed by atoms with Gasteiger partial charge in [-0.2, -0.15) is 0 Å². The number of ether oxygens (including phenoxy) is 1. The zero-order valence-corrected chi connectivity index (χ0v) is 6.24. The maximum atomic E-state index is 10.0. The molecule has 1 N–H and O–H groups in total. The number of carboxylic acid groups (broad SMARTS) is 1. The van der Waals surface area contributed by atoms with Crippen LogP contribution in [0.3, 0.4) is 0 Å². The minimum absolute atomic E-state index is 0.0509. The van der Waals surface area contributed by atoms with Gasteiger partial charge < -0.3 is 9.84 Å². The molecule has 0 aliphatic carbocycles.